The molecule has 3 rings (SSSR count). The molecule has 0 bridgehead atoms. The Kier molecular flexibility index (Phi) is 3.22. The third-order valence-corrected chi connectivity index (χ3v) is 4.27. The molecule has 21 heavy (non-hydrogen) atoms. The molecule has 1 aliphatic heterocycles. The maximum Gasteiger partial charge on any atom is 0.417 e. The number of halogens is 4. The predicted molar refractivity (Wildman–Crippen MR) is 71.7 cm³/mol. The van der Waals surface area contributed by atoms with Crippen LogP contribution in [0.15, 0.2) is 18.3 Å². The Bertz CT molecular complexity index is 672. The summed E-state index contributed by atoms with van der Waals surface area (Å²) >= 11 is 0. The molecule has 114 valence electrons. The zero-order valence-corrected chi connectivity index (χ0v) is 11.8. The van der Waals surface area contributed by atoms with Crippen molar-refractivity contribution in [3.63, 3.8) is 0 Å². The van der Waals surface area contributed by atoms with Gasteiger partial charge < -0.3 is 4.57 Å². The minimum atomic E-state index is -4.41. The molecule has 2 aromatic heterocycles. The van der Waals surface area contributed by atoms with Gasteiger partial charge >= 0.3 is 6.18 Å². The first-order valence-electron chi connectivity index (χ1n) is 6.97. The van der Waals surface area contributed by atoms with E-state index in [9.17, 15) is 17.6 Å². The predicted octanol–water partition coefficient (Wildman–Crippen LogP) is 4.22. The first-order valence-corrected chi connectivity index (χ1v) is 6.97. The molecular formula is C15H16F4N2. The molecule has 0 aliphatic carbocycles. The van der Waals surface area contributed by atoms with E-state index in [0.717, 1.165) is 18.0 Å². The average Bonchev–Trinajstić information content (AvgIpc) is 2.73. The summed E-state index contributed by atoms with van der Waals surface area (Å²) in [6, 6.07) is 2.80. The van der Waals surface area contributed by atoms with Crippen molar-refractivity contribution in [2.24, 2.45) is 11.8 Å². The third-order valence-electron chi connectivity index (χ3n) is 4.27. The smallest absolute Gasteiger partial charge is 0.327 e. The van der Waals surface area contributed by atoms with Crippen LogP contribution in [0.1, 0.15) is 25.1 Å². The van der Waals surface area contributed by atoms with Crippen LogP contribution in [0.2, 0.25) is 0 Å². The maximum atomic E-state index is 14.2. The number of alkyl halides is 4. The van der Waals surface area contributed by atoms with Crippen LogP contribution in [-0.4, -0.2) is 15.7 Å². The number of hydrogen-bond donors (Lipinski definition) is 0. The van der Waals surface area contributed by atoms with Gasteiger partial charge in [-0.1, -0.05) is 13.8 Å². The Morgan fingerprint density at radius 2 is 2.00 bits per heavy atom. The highest BCUT2D eigenvalue weighted by Gasteiger charge is 2.34. The van der Waals surface area contributed by atoms with Crippen molar-refractivity contribution >= 4 is 11.0 Å². The van der Waals surface area contributed by atoms with Gasteiger partial charge in [0.2, 0.25) is 0 Å². The summed E-state index contributed by atoms with van der Waals surface area (Å²) in [5.74, 6) is 0.106. The Hall–Kier alpha value is -1.59. The van der Waals surface area contributed by atoms with E-state index >= 15 is 0 Å². The Morgan fingerprint density at radius 3 is 2.62 bits per heavy atom. The van der Waals surface area contributed by atoms with E-state index in [2.05, 4.69) is 4.98 Å². The van der Waals surface area contributed by atoms with Crippen molar-refractivity contribution in [3.05, 3.63) is 29.6 Å². The van der Waals surface area contributed by atoms with E-state index in [1.54, 1.807) is 10.6 Å². The quantitative estimate of drug-likeness (QED) is 0.721. The van der Waals surface area contributed by atoms with Crippen molar-refractivity contribution in [3.8, 4) is 0 Å². The highest BCUT2D eigenvalue weighted by molar-refractivity contribution is 5.78. The van der Waals surface area contributed by atoms with Crippen LogP contribution in [0.5, 0.6) is 0 Å². The van der Waals surface area contributed by atoms with Gasteiger partial charge in [0.1, 0.15) is 11.8 Å². The fourth-order valence-electron chi connectivity index (χ4n) is 3.06. The summed E-state index contributed by atoms with van der Waals surface area (Å²) in [5, 5.41) is 0.427. The van der Waals surface area contributed by atoms with Crippen LogP contribution in [0, 0.1) is 11.8 Å². The van der Waals surface area contributed by atoms with Gasteiger partial charge in [0.15, 0.2) is 0 Å². The number of rotatable bonds is 1. The molecule has 0 saturated carbocycles. The number of aromatic nitrogens is 2. The van der Waals surface area contributed by atoms with Gasteiger partial charge in [0.05, 0.1) is 12.1 Å². The maximum absolute atomic E-state index is 14.2. The van der Waals surface area contributed by atoms with Gasteiger partial charge in [0.25, 0.3) is 0 Å². The summed E-state index contributed by atoms with van der Waals surface area (Å²) < 4.78 is 54.1. The number of hydrogen-bond acceptors (Lipinski definition) is 1. The van der Waals surface area contributed by atoms with Crippen LogP contribution in [0.3, 0.4) is 0 Å². The highest BCUT2D eigenvalue weighted by atomic mass is 19.4. The third kappa shape index (κ3) is 2.40. The second-order valence-electron chi connectivity index (χ2n) is 6.01. The molecule has 0 N–H and O–H groups in total. The van der Waals surface area contributed by atoms with Gasteiger partial charge in [-0.3, -0.25) is 0 Å². The lowest BCUT2D eigenvalue weighted by atomic mass is 9.85. The molecule has 0 amide bonds. The molecule has 0 saturated heterocycles. The van der Waals surface area contributed by atoms with E-state index in [1.165, 1.54) is 0 Å². The topological polar surface area (TPSA) is 17.8 Å². The fraction of sp³-hybridized carbons (Fsp3) is 0.533. The molecule has 0 aromatic carbocycles. The molecule has 0 radical (unpaired) electrons. The minimum absolute atomic E-state index is 0.0936. The normalized spacial score (nSPS) is 22.8. The molecule has 2 unspecified atom stereocenters. The summed E-state index contributed by atoms with van der Waals surface area (Å²) in [4.78, 5) is 3.90. The second kappa shape index (κ2) is 4.71. The first kappa shape index (κ1) is 14.4. The monoisotopic (exact) mass is 300 g/mol. The Labute approximate surface area is 119 Å². The Balaban J connectivity index is 2.07. The van der Waals surface area contributed by atoms with E-state index in [1.807, 2.05) is 13.8 Å². The fourth-order valence-corrected chi connectivity index (χ4v) is 3.06. The zero-order valence-electron chi connectivity index (χ0n) is 11.8. The SMILES string of the molecule is CC(C)C1Cc2cc3cc(C(F)(F)F)cnc3n2CC1F. The lowest BCUT2D eigenvalue weighted by Gasteiger charge is -2.30. The molecule has 2 aromatic rings. The van der Waals surface area contributed by atoms with E-state index < -0.39 is 17.9 Å². The van der Waals surface area contributed by atoms with Crippen molar-refractivity contribution < 1.29 is 17.6 Å². The highest BCUT2D eigenvalue weighted by Crippen LogP contribution is 2.35. The van der Waals surface area contributed by atoms with E-state index in [4.69, 9.17) is 0 Å². The lowest BCUT2D eigenvalue weighted by molar-refractivity contribution is -0.137. The largest absolute Gasteiger partial charge is 0.417 e. The standard InChI is InChI=1S/C15H16F4N2/c1-8(2)12-5-11-4-9-3-10(15(17,18)19)6-20-14(9)21(11)7-13(12)16/h3-4,6,8,12-13H,5,7H2,1-2H3. The first-order chi connectivity index (χ1) is 9.77. The van der Waals surface area contributed by atoms with Gasteiger partial charge in [-0.15, -0.1) is 0 Å². The molecule has 3 heterocycles. The zero-order chi connectivity index (χ0) is 15.4. The molecule has 6 heteroatoms. The minimum Gasteiger partial charge on any atom is -0.327 e. The van der Waals surface area contributed by atoms with Crippen molar-refractivity contribution in [2.45, 2.75) is 39.2 Å². The summed E-state index contributed by atoms with van der Waals surface area (Å²) in [7, 11) is 0. The summed E-state index contributed by atoms with van der Waals surface area (Å²) in [6.45, 7) is 4.10. The Morgan fingerprint density at radius 1 is 1.29 bits per heavy atom. The van der Waals surface area contributed by atoms with Crippen LogP contribution in [0.4, 0.5) is 17.6 Å². The summed E-state index contributed by atoms with van der Waals surface area (Å²) in [6.07, 6.45) is -4.04. The molecule has 0 fully saturated rings. The second-order valence-corrected chi connectivity index (χ2v) is 6.01. The van der Waals surface area contributed by atoms with Gasteiger partial charge in [-0.2, -0.15) is 13.2 Å². The lowest BCUT2D eigenvalue weighted by Crippen LogP contribution is -2.33. The summed E-state index contributed by atoms with van der Waals surface area (Å²) in [5.41, 5.74) is 0.530. The van der Waals surface area contributed by atoms with Crippen LogP contribution < -0.4 is 0 Å². The van der Waals surface area contributed by atoms with Gasteiger partial charge in [-0.05, 0) is 30.4 Å². The number of fused-ring (bicyclic) bond motifs is 3. The van der Waals surface area contributed by atoms with E-state index in [-0.39, 0.29) is 18.4 Å². The van der Waals surface area contributed by atoms with Crippen molar-refractivity contribution in [2.75, 3.05) is 0 Å². The van der Waals surface area contributed by atoms with Crippen molar-refractivity contribution in [1.29, 1.82) is 0 Å². The molecule has 1 aliphatic rings. The molecule has 2 atom stereocenters. The number of pyridine rings is 1. The van der Waals surface area contributed by atoms with Gasteiger partial charge in [0, 0.05) is 17.3 Å². The van der Waals surface area contributed by atoms with Gasteiger partial charge in [-0.25, -0.2) is 9.37 Å². The van der Waals surface area contributed by atoms with Crippen molar-refractivity contribution in [1.82, 2.24) is 9.55 Å². The molecule has 0 spiro atoms. The molecule has 2 nitrogen and oxygen atoms in total. The van der Waals surface area contributed by atoms with Crippen LogP contribution in [0.25, 0.3) is 11.0 Å². The van der Waals surface area contributed by atoms with Crippen LogP contribution in [-0.2, 0) is 19.1 Å². The average molecular weight is 300 g/mol. The van der Waals surface area contributed by atoms with E-state index in [0.29, 0.717) is 17.5 Å². The number of nitrogens with zero attached hydrogens (tertiary/aromatic N) is 2. The van der Waals surface area contributed by atoms with Crippen LogP contribution >= 0.6 is 0 Å². The molecular weight excluding hydrogens is 284 g/mol.